The molecule has 7 aliphatic rings. The molecule has 3 aliphatic heterocycles. The topological polar surface area (TPSA) is 41.9 Å². The van der Waals surface area contributed by atoms with Crippen molar-refractivity contribution >= 4 is 11.3 Å². The molecule has 4 heteroatoms. The number of unbranched alkanes of at least 4 members (excludes halogenated alkanes) is 2. The van der Waals surface area contributed by atoms with E-state index in [-0.39, 0.29) is 6.10 Å². The molecular formula is C40H57NO3. The first-order valence-electron chi connectivity index (χ1n) is 18.7. The molecule has 0 amide bonds. The van der Waals surface area contributed by atoms with E-state index in [2.05, 4.69) is 37.5 Å². The summed E-state index contributed by atoms with van der Waals surface area (Å²) in [4.78, 5) is 2.61. The van der Waals surface area contributed by atoms with Crippen LogP contribution in [0.15, 0.2) is 24.5 Å². The smallest absolute Gasteiger partial charge is 0.140 e. The molecule has 1 aromatic carbocycles. The molecule has 8 atom stereocenters. The van der Waals surface area contributed by atoms with E-state index in [1.165, 1.54) is 118 Å². The highest BCUT2D eigenvalue weighted by atomic mass is 16.5. The van der Waals surface area contributed by atoms with E-state index < -0.39 is 0 Å². The number of hydrogen-bond acceptors (Lipinski definition) is 4. The van der Waals surface area contributed by atoms with E-state index in [0.717, 1.165) is 73.9 Å². The van der Waals surface area contributed by atoms with Crippen molar-refractivity contribution < 1.29 is 14.6 Å². The second-order valence-electron chi connectivity index (χ2n) is 16.5. The Morgan fingerprint density at radius 3 is 2.66 bits per heavy atom. The fourth-order valence-electron chi connectivity index (χ4n) is 12.1. The van der Waals surface area contributed by atoms with Crippen molar-refractivity contribution in [2.24, 2.45) is 34.5 Å². The molecule has 240 valence electrons. The van der Waals surface area contributed by atoms with Crippen LogP contribution in [0.1, 0.15) is 127 Å². The number of aryl methyl sites for hydroxylation is 1. The van der Waals surface area contributed by atoms with E-state index in [0.29, 0.717) is 16.9 Å². The van der Waals surface area contributed by atoms with Gasteiger partial charge >= 0.3 is 0 Å². The van der Waals surface area contributed by atoms with Crippen LogP contribution in [0.4, 0.5) is 5.69 Å². The van der Waals surface area contributed by atoms with Gasteiger partial charge in [-0.25, -0.2) is 0 Å². The van der Waals surface area contributed by atoms with E-state index in [4.69, 9.17) is 9.47 Å². The summed E-state index contributed by atoms with van der Waals surface area (Å²) in [6.07, 6.45) is 23.5. The predicted molar refractivity (Wildman–Crippen MR) is 179 cm³/mol. The minimum Gasteiger partial charge on any atom is -0.457 e. The maximum Gasteiger partial charge on any atom is 0.140 e. The largest absolute Gasteiger partial charge is 0.457 e. The minimum atomic E-state index is -0.0461. The van der Waals surface area contributed by atoms with Gasteiger partial charge in [0, 0.05) is 36.5 Å². The number of anilines is 1. The number of aliphatic hydroxyl groups excluding tert-OH is 1. The van der Waals surface area contributed by atoms with E-state index in [9.17, 15) is 5.11 Å². The molecule has 4 fully saturated rings. The fraction of sp³-hybridized carbons (Fsp3) is 0.750. The highest BCUT2D eigenvalue weighted by Crippen LogP contribution is 2.66. The molecule has 0 bridgehead atoms. The molecular weight excluding hydrogens is 542 g/mol. The molecule has 0 radical (unpaired) electrons. The van der Waals surface area contributed by atoms with Gasteiger partial charge in [0.05, 0.1) is 12.2 Å². The van der Waals surface area contributed by atoms with Gasteiger partial charge < -0.3 is 19.5 Å². The molecule has 0 aromatic heterocycles. The van der Waals surface area contributed by atoms with Crippen LogP contribution in [0.5, 0.6) is 5.75 Å². The third kappa shape index (κ3) is 4.83. The van der Waals surface area contributed by atoms with Gasteiger partial charge in [-0.2, -0.15) is 0 Å². The molecule has 4 saturated carbocycles. The van der Waals surface area contributed by atoms with Crippen LogP contribution < -0.4 is 9.64 Å². The highest BCUT2D eigenvalue weighted by molar-refractivity contribution is 5.82. The van der Waals surface area contributed by atoms with Crippen molar-refractivity contribution in [1.29, 1.82) is 0 Å². The molecule has 0 saturated heterocycles. The number of hydrogen-bond donors (Lipinski definition) is 1. The van der Waals surface area contributed by atoms with Gasteiger partial charge in [-0.3, -0.25) is 0 Å². The lowest BCUT2D eigenvalue weighted by atomic mass is 9.45. The van der Waals surface area contributed by atoms with Crippen LogP contribution in [0, 0.1) is 34.5 Å². The summed E-state index contributed by atoms with van der Waals surface area (Å²) in [7, 11) is 0. The normalized spacial score (nSPS) is 38.9. The maximum absolute atomic E-state index is 10.4. The summed E-state index contributed by atoms with van der Waals surface area (Å²) in [6.45, 7) is 12.7. The number of fused-ring (bicyclic) bond motifs is 7. The summed E-state index contributed by atoms with van der Waals surface area (Å²) in [5, 5.41) is 10.4. The average molecular weight is 600 g/mol. The predicted octanol–water partition coefficient (Wildman–Crippen LogP) is 9.02. The lowest BCUT2D eigenvalue weighted by Crippen LogP contribution is -2.54. The number of allylic oxidation sites excluding steroid dienone is 2. The molecule has 44 heavy (non-hydrogen) atoms. The van der Waals surface area contributed by atoms with Crippen LogP contribution in [0.3, 0.4) is 0 Å². The first-order chi connectivity index (χ1) is 21.3. The molecule has 4 aliphatic carbocycles. The Hall–Kier alpha value is -1.78. The Kier molecular flexibility index (Phi) is 7.72. The SMILES string of the molecule is C=C1C=C(CCCCCO[C@H]2CC[C@H]3[C@@H]4CC[C@H]5C[C@H](O)CC[C@]5(C)[C@H]4CC[C@]23C)c2cc3c4c(c2O1)CCCN4CCC3. The van der Waals surface area contributed by atoms with Crippen molar-refractivity contribution in [3.63, 3.8) is 0 Å². The molecule has 3 heterocycles. The summed E-state index contributed by atoms with van der Waals surface area (Å²) >= 11 is 0. The standard InChI is InChI=1S/C40H57NO3/c1-26-23-27(33-24-28-10-7-20-41-21-8-11-32(37(28)41)38(33)44-26)9-5-4-6-22-43-36-15-14-34-31-13-12-29-25-30(42)16-18-39(29,2)35(31)17-19-40(34,36)3/h23-24,29-31,34-36,42H,1,4-22,25H2,2-3H3/t29-,30+,31-,34-,35-,36-,39-,40-/m0/s1. The third-order valence-corrected chi connectivity index (χ3v) is 14.3. The molecule has 0 spiro atoms. The fourth-order valence-corrected chi connectivity index (χ4v) is 12.1. The van der Waals surface area contributed by atoms with Crippen molar-refractivity contribution in [2.75, 3.05) is 24.6 Å². The van der Waals surface area contributed by atoms with Gasteiger partial charge in [-0.1, -0.05) is 26.8 Å². The summed E-state index contributed by atoms with van der Waals surface area (Å²) < 4.78 is 13.1. The van der Waals surface area contributed by atoms with Crippen LogP contribution in [0.25, 0.3) is 5.57 Å². The van der Waals surface area contributed by atoms with Gasteiger partial charge in [-0.15, -0.1) is 0 Å². The van der Waals surface area contributed by atoms with E-state index in [1.807, 2.05) is 0 Å². The first kappa shape index (κ1) is 29.6. The summed E-state index contributed by atoms with van der Waals surface area (Å²) in [5.41, 5.74) is 8.07. The quantitative estimate of drug-likeness (QED) is 0.318. The number of benzene rings is 1. The van der Waals surface area contributed by atoms with Crippen molar-refractivity contribution in [2.45, 2.75) is 135 Å². The zero-order valence-corrected chi connectivity index (χ0v) is 27.7. The molecule has 1 N–H and O–H groups in total. The number of rotatable bonds is 7. The van der Waals surface area contributed by atoms with Crippen LogP contribution in [-0.2, 0) is 17.6 Å². The van der Waals surface area contributed by atoms with Crippen LogP contribution in [0.2, 0.25) is 0 Å². The van der Waals surface area contributed by atoms with Gasteiger partial charge in [0.25, 0.3) is 0 Å². The number of ether oxygens (including phenoxy) is 2. The van der Waals surface area contributed by atoms with E-state index in [1.54, 1.807) is 0 Å². The zero-order chi connectivity index (χ0) is 30.1. The highest BCUT2D eigenvalue weighted by Gasteiger charge is 2.60. The van der Waals surface area contributed by atoms with Gasteiger partial charge in [0.1, 0.15) is 11.5 Å². The second-order valence-corrected chi connectivity index (χ2v) is 16.5. The number of nitrogens with zero attached hydrogens (tertiary/aromatic N) is 1. The van der Waals surface area contributed by atoms with Crippen molar-refractivity contribution in [3.05, 3.63) is 41.2 Å². The molecule has 4 nitrogen and oxygen atoms in total. The van der Waals surface area contributed by atoms with Crippen molar-refractivity contribution in [3.8, 4) is 5.75 Å². The van der Waals surface area contributed by atoms with Gasteiger partial charge in [0.15, 0.2) is 0 Å². The maximum atomic E-state index is 10.4. The summed E-state index contributed by atoms with van der Waals surface area (Å²) in [5.74, 6) is 5.26. The zero-order valence-electron chi connectivity index (χ0n) is 27.7. The second kappa shape index (κ2) is 11.5. The Bertz CT molecular complexity index is 1310. The Balaban J connectivity index is 0.853. The minimum absolute atomic E-state index is 0.0461. The van der Waals surface area contributed by atoms with Crippen molar-refractivity contribution in [1.82, 2.24) is 0 Å². The Labute approximate surface area is 266 Å². The lowest BCUT2D eigenvalue weighted by molar-refractivity contribution is -0.141. The number of aliphatic hydroxyl groups is 1. The monoisotopic (exact) mass is 599 g/mol. The summed E-state index contributed by atoms with van der Waals surface area (Å²) in [6, 6.07) is 2.46. The molecule has 1 aromatic rings. The lowest BCUT2D eigenvalue weighted by Gasteiger charge is -2.60. The van der Waals surface area contributed by atoms with Crippen LogP contribution in [-0.4, -0.2) is 37.0 Å². The van der Waals surface area contributed by atoms with Gasteiger partial charge in [-0.05, 0) is 161 Å². The third-order valence-electron chi connectivity index (χ3n) is 14.3. The van der Waals surface area contributed by atoms with Gasteiger partial charge in [0.2, 0.25) is 0 Å². The molecule has 8 rings (SSSR count). The Morgan fingerprint density at radius 1 is 0.955 bits per heavy atom. The van der Waals surface area contributed by atoms with Crippen LogP contribution >= 0.6 is 0 Å². The Morgan fingerprint density at radius 2 is 1.77 bits per heavy atom. The van der Waals surface area contributed by atoms with E-state index >= 15 is 0 Å². The molecule has 0 unspecified atom stereocenters. The average Bonchev–Trinajstić information content (AvgIpc) is 3.36. The first-order valence-corrected chi connectivity index (χ1v) is 18.7.